The average molecular weight is 235 g/mol. The number of benzene rings is 1. The van der Waals surface area contributed by atoms with E-state index in [0.717, 1.165) is 17.7 Å². The van der Waals surface area contributed by atoms with Gasteiger partial charge in [0.2, 0.25) is 0 Å². The van der Waals surface area contributed by atoms with Crippen LogP contribution >= 0.6 is 0 Å². The smallest absolute Gasteiger partial charge is 0.165 e. The van der Waals surface area contributed by atoms with Crippen molar-refractivity contribution in [1.82, 2.24) is 0 Å². The van der Waals surface area contributed by atoms with Crippen LogP contribution in [0.3, 0.4) is 0 Å². The van der Waals surface area contributed by atoms with Crippen molar-refractivity contribution in [2.45, 2.75) is 13.3 Å². The fourth-order valence-electron chi connectivity index (χ4n) is 1.65. The molecule has 1 unspecified atom stereocenters. The predicted molar refractivity (Wildman–Crippen MR) is 70.8 cm³/mol. The van der Waals surface area contributed by atoms with Crippen LogP contribution in [0.5, 0.6) is 0 Å². The molecule has 1 rings (SSSR count). The molecule has 1 atom stereocenters. The van der Waals surface area contributed by atoms with Crippen molar-refractivity contribution in [3.8, 4) is 0 Å². The summed E-state index contributed by atoms with van der Waals surface area (Å²) in [5.74, 6) is 0.193. The molecule has 17 heavy (non-hydrogen) atoms. The van der Waals surface area contributed by atoms with Crippen LogP contribution in [0.2, 0.25) is 0 Å². The molecule has 0 fully saturated rings. The van der Waals surface area contributed by atoms with E-state index in [1.807, 2.05) is 50.2 Å². The van der Waals surface area contributed by atoms with Crippen molar-refractivity contribution in [1.29, 1.82) is 0 Å². The molecule has 0 saturated carbocycles. The van der Waals surface area contributed by atoms with Crippen LogP contribution in [0.25, 0.3) is 0 Å². The average Bonchev–Trinajstić information content (AvgIpc) is 2.35. The molecule has 0 aliphatic heterocycles. The fraction of sp³-hybridized carbons (Fsp3) is 0.500. The maximum atomic E-state index is 12.2. The summed E-state index contributed by atoms with van der Waals surface area (Å²) in [5.41, 5.74) is 1.83. The Bertz CT molecular complexity index is 374. The van der Waals surface area contributed by atoms with Crippen molar-refractivity contribution in [2.75, 3.05) is 32.7 Å². The molecule has 3 heteroatoms. The number of rotatable bonds is 6. The zero-order chi connectivity index (χ0) is 12.8. The van der Waals surface area contributed by atoms with E-state index in [9.17, 15) is 4.79 Å². The quantitative estimate of drug-likeness (QED) is 0.710. The van der Waals surface area contributed by atoms with Gasteiger partial charge in [-0.3, -0.25) is 4.79 Å². The Morgan fingerprint density at radius 2 is 2.12 bits per heavy atom. The molecule has 0 heterocycles. The van der Waals surface area contributed by atoms with Gasteiger partial charge in [0.1, 0.15) is 0 Å². The Balaban J connectivity index is 2.78. The molecule has 1 aromatic carbocycles. The largest absolute Gasteiger partial charge is 0.385 e. The second-order valence-electron chi connectivity index (χ2n) is 4.49. The predicted octanol–water partition coefficient (Wildman–Crippen LogP) is 2.61. The topological polar surface area (TPSA) is 29.5 Å². The standard InChI is InChI=1S/C14H21NO2/c1-11(8-9-17-4)14(16)12-6-5-7-13(10-12)15(2)3/h5-7,10-11H,8-9H2,1-4H3. The highest BCUT2D eigenvalue weighted by Gasteiger charge is 2.15. The molecule has 0 N–H and O–H groups in total. The molecule has 1 aromatic rings. The Morgan fingerprint density at radius 3 is 2.71 bits per heavy atom. The van der Waals surface area contributed by atoms with Gasteiger partial charge in [-0.15, -0.1) is 0 Å². The molecule has 0 spiro atoms. The van der Waals surface area contributed by atoms with Crippen LogP contribution in [0.15, 0.2) is 24.3 Å². The van der Waals surface area contributed by atoms with Crippen molar-refractivity contribution in [3.63, 3.8) is 0 Å². The van der Waals surface area contributed by atoms with E-state index in [-0.39, 0.29) is 11.7 Å². The number of ketones is 1. The number of hydrogen-bond acceptors (Lipinski definition) is 3. The van der Waals surface area contributed by atoms with Crippen molar-refractivity contribution in [3.05, 3.63) is 29.8 Å². The number of anilines is 1. The Kier molecular flexibility index (Phi) is 5.16. The molecule has 0 aliphatic carbocycles. The van der Waals surface area contributed by atoms with Gasteiger partial charge >= 0.3 is 0 Å². The maximum Gasteiger partial charge on any atom is 0.165 e. The fourth-order valence-corrected chi connectivity index (χ4v) is 1.65. The van der Waals surface area contributed by atoms with Gasteiger partial charge in [0.05, 0.1) is 0 Å². The first-order valence-electron chi connectivity index (χ1n) is 5.86. The lowest BCUT2D eigenvalue weighted by Crippen LogP contribution is -2.15. The molecule has 3 nitrogen and oxygen atoms in total. The summed E-state index contributed by atoms with van der Waals surface area (Å²) in [6, 6.07) is 7.73. The van der Waals surface area contributed by atoms with Crippen LogP contribution in [0.1, 0.15) is 23.7 Å². The van der Waals surface area contributed by atoms with E-state index in [4.69, 9.17) is 4.74 Å². The summed E-state index contributed by atoms with van der Waals surface area (Å²) in [6.07, 6.45) is 0.765. The minimum Gasteiger partial charge on any atom is -0.385 e. The van der Waals surface area contributed by atoms with E-state index in [0.29, 0.717) is 6.61 Å². The van der Waals surface area contributed by atoms with Crippen molar-refractivity contribution >= 4 is 11.5 Å². The zero-order valence-electron chi connectivity index (χ0n) is 11.1. The van der Waals surface area contributed by atoms with Gasteiger partial charge in [0.25, 0.3) is 0 Å². The van der Waals surface area contributed by atoms with Crippen molar-refractivity contribution in [2.24, 2.45) is 5.92 Å². The second-order valence-corrected chi connectivity index (χ2v) is 4.49. The molecule has 94 valence electrons. The van der Waals surface area contributed by atoms with Crippen LogP contribution in [-0.2, 0) is 4.74 Å². The molecule has 0 saturated heterocycles. The SMILES string of the molecule is COCCC(C)C(=O)c1cccc(N(C)C)c1. The third kappa shape index (κ3) is 3.86. The minimum absolute atomic E-state index is 0.00682. The molecular formula is C14H21NO2. The Labute approximate surface area is 103 Å². The summed E-state index contributed by atoms with van der Waals surface area (Å²) >= 11 is 0. The third-order valence-corrected chi connectivity index (χ3v) is 2.85. The van der Waals surface area contributed by atoms with Crippen LogP contribution in [0, 0.1) is 5.92 Å². The lowest BCUT2D eigenvalue weighted by Gasteiger charge is -2.15. The number of carbonyl (C=O) groups is 1. The summed E-state index contributed by atoms with van der Waals surface area (Å²) in [7, 11) is 5.60. The molecule has 0 bridgehead atoms. The van der Waals surface area contributed by atoms with Crippen LogP contribution < -0.4 is 4.90 Å². The maximum absolute atomic E-state index is 12.2. The minimum atomic E-state index is 0.00682. The normalized spacial score (nSPS) is 12.2. The summed E-state index contributed by atoms with van der Waals surface area (Å²) < 4.78 is 5.00. The Morgan fingerprint density at radius 1 is 1.41 bits per heavy atom. The molecule has 0 amide bonds. The van der Waals surface area contributed by atoms with Gasteiger partial charge in [-0.25, -0.2) is 0 Å². The van der Waals surface area contributed by atoms with E-state index in [1.54, 1.807) is 7.11 Å². The third-order valence-electron chi connectivity index (χ3n) is 2.85. The van der Waals surface area contributed by atoms with Crippen LogP contribution in [-0.4, -0.2) is 33.6 Å². The zero-order valence-corrected chi connectivity index (χ0v) is 11.1. The number of methoxy groups -OCH3 is 1. The van der Waals surface area contributed by atoms with Crippen LogP contribution in [0.4, 0.5) is 5.69 Å². The highest BCUT2D eigenvalue weighted by Crippen LogP contribution is 2.17. The monoisotopic (exact) mass is 235 g/mol. The summed E-state index contributed by atoms with van der Waals surface area (Å²) in [6.45, 7) is 2.57. The summed E-state index contributed by atoms with van der Waals surface area (Å²) in [5, 5.41) is 0. The lowest BCUT2D eigenvalue weighted by molar-refractivity contribution is 0.0894. The first-order chi connectivity index (χ1) is 8.06. The number of carbonyl (C=O) groups excluding carboxylic acids is 1. The molecule has 0 radical (unpaired) electrons. The highest BCUT2D eigenvalue weighted by molar-refractivity contribution is 5.98. The van der Waals surface area contributed by atoms with Gasteiger partial charge in [-0.2, -0.15) is 0 Å². The number of ether oxygens (including phenoxy) is 1. The Hall–Kier alpha value is -1.35. The van der Waals surface area contributed by atoms with Crippen molar-refractivity contribution < 1.29 is 9.53 Å². The first-order valence-corrected chi connectivity index (χ1v) is 5.86. The van der Waals surface area contributed by atoms with Gasteiger partial charge in [-0.1, -0.05) is 19.1 Å². The van der Waals surface area contributed by atoms with Gasteiger partial charge < -0.3 is 9.64 Å². The highest BCUT2D eigenvalue weighted by atomic mass is 16.5. The van der Waals surface area contributed by atoms with Gasteiger partial charge in [-0.05, 0) is 18.6 Å². The van der Waals surface area contributed by atoms with E-state index >= 15 is 0 Å². The van der Waals surface area contributed by atoms with Gasteiger partial charge in [0, 0.05) is 45.0 Å². The number of Topliss-reactive ketones (excluding diaryl/α,β-unsaturated/α-hetero) is 1. The van der Waals surface area contributed by atoms with Gasteiger partial charge in [0.15, 0.2) is 5.78 Å². The molecule has 0 aromatic heterocycles. The van der Waals surface area contributed by atoms with E-state index in [2.05, 4.69) is 0 Å². The first kappa shape index (κ1) is 13.7. The summed E-state index contributed by atoms with van der Waals surface area (Å²) in [4.78, 5) is 14.1. The molecule has 0 aliphatic rings. The molecular weight excluding hydrogens is 214 g/mol. The number of nitrogens with zero attached hydrogens (tertiary/aromatic N) is 1. The van der Waals surface area contributed by atoms with E-state index < -0.39 is 0 Å². The lowest BCUT2D eigenvalue weighted by atomic mass is 9.96. The van der Waals surface area contributed by atoms with E-state index in [1.165, 1.54) is 0 Å². The number of hydrogen-bond donors (Lipinski definition) is 0. The second kappa shape index (κ2) is 6.40.